The SMILES string of the molecule is Cc1ccc(C(C)NC(=S)NCc2ccc(Cl)cc2)cc1. The summed E-state index contributed by atoms with van der Waals surface area (Å²) in [6.07, 6.45) is 0. The molecule has 0 amide bonds. The summed E-state index contributed by atoms with van der Waals surface area (Å²) in [5.74, 6) is 0. The van der Waals surface area contributed by atoms with Crippen LogP contribution in [0.1, 0.15) is 29.7 Å². The fourth-order valence-electron chi connectivity index (χ4n) is 1.97. The lowest BCUT2D eigenvalue weighted by Gasteiger charge is -2.17. The largest absolute Gasteiger partial charge is 0.359 e. The standard InChI is InChI=1S/C17H19ClN2S/c1-12-3-7-15(8-4-12)13(2)20-17(21)19-11-14-5-9-16(18)10-6-14/h3-10,13H,11H2,1-2H3,(H2,19,20,21). The predicted octanol–water partition coefficient (Wildman–Crippen LogP) is 4.37. The third-order valence-corrected chi connectivity index (χ3v) is 3.81. The quantitative estimate of drug-likeness (QED) is 0.818. The zero-order chi connectivity index (χ0) is 15.2. The summed E-state index contributed by atoms with van der Waals surface area (Å²) in [6.45, 7) is 4.87. The summed E-state index contributed by atoms with van der Waals surface area (Å²) in [5, 5.41) is 7.89. The van der Waals surface area contributed by atoms with Gasteiger partial charge in [-0.2, -0.15) is 0 Å². The molecule has 0 heterocycles. The lowest BCUT2D eigenvalue weighted by molar-refractivity contribution is 0.697. The van der Waals surface area contributed by atoms with E-state index in [0.717, 1.165) is 10.6 Å². The van der Waals surface area contributed by atoms with Crippen molar-refractivity contribution in [1.29, 1.82) is 0 Å². The molecule has 0 spiro atoms. The Hall–Kier alpha value is -1.58. The number of hydrogen-bond acceptors (Lipinski definition) is 1. The van der Waals surface area contributed by atoms with Gasteiger partial charge in [-0.3, -0.25) is 0 Å². The van der Waals surface area contributed by atoms with Crippen LogP contribution >= 0.6 is 23.8 Å². The van der Waals surface area contributed by atoms with Crippen LogP contribution in [-0.2, 0) is 6.54 Å². The van der Waals surface area contributed by atoms with Crippen LogP contribution in [0.4, 0.5) is 0 Å². The van der Waals surface area contributed by atoms with Crippen molar-refractivity contribution < 1.29 is 0 Å². The van der Waals surface area contributed by atoms with E-state index in [2.05, 4.69) is 48.7 Å². The Labute approximate surface area is 136 Å². The van der Waals surface area contributed by atoms with Crippen molar-refractivity contribution in [3.8, 4) is 0 Å². The molecule has 110 valence electrons. The molecular weight excluding hydrogens is 300 g/mol. The average Bonchev–Trinajstić information content (AvgIpc) is 2.47. The van der Waals surface area contributed by atoms with Crippen LogP contribution in [0, 0.1) is 6.92 Å². The van der Waals surface area contributed by atoms with Crippen molar-refractivity contribution in [2.45, 2.75) is 26.4 Å². The molecule has 2 N–H and O–H groups in total. The zero-order valence-electron chi connectivity index (χ0n) is 12.2. The summed E-state index contributed by atoms with van der Waals surface area (Å²) in [6, 6.07) is 16.4. The molecule has 1 unspecified atom stereocenters. The van der Waals surface area contributed by atoms with Crippen molar-refractivity contribution in [3.05, 3.63) is 70.2 Å². The highest BCUT2D eigenvalue weighted by molar-refractivity contribution is 7.80. The first-order valence-electron chi connectivity index (χ1n) is 6.90. The van der Waals surface area contributed by atoms with Crippen LogP contribution in [-0.4, -0.2) is 5.11 Å². The van der Waals surface area contributed by atoms with E-state index >= 15 is 0 Å². The fourth-order valence-corrected chi connectivity index (χ4v) is 2.35. The maximum atomic E-state index is 5.86. The molecule has 0 aliphatic carbocycles. The maximum absolute atomic E-state index is 5.86. The van der Waals surface area contributed by atoms with E-state index in [0.29, 0.717) is 11.7 Å². The molecule has 0 saturated heterocycles. The van der Waals surface area contributed by atoms with Gasteiger partial charge in [0.25, 0.3) is 0 Å². The van der Waals surface area contributed by atoms with E-state index in [4.69, 9.17) is 23.8 Å². The van der Waals surface area contributed by atoms with Gasteiger partial charge in [0, 0.05) is 11.6 Å². The molecule has 0 bridgehead atoms. The van der Waals surface area contributed by atoms with Gasteiger partial charge in [-0.25, -0.2) is 0 Å². The Morgan fingerprint density at radius 2 is 1.71 bits per heavy atom. The van der Waals surface area contributed by atoms with Crippen molar-refractivity contribution in [2.24, 2.45) is 0 Å². The van der Waals surface area contributed by atoms with Gasteiger partial charge in [-0.1, -0.05) is 53.6 Å². The lowest BCUT2D eigenvalue weighted by Crippen LogP contribution is -2.36. The van der Waals surface area contributed by atoms with E-state index in [-0.39, 0.29) is 6.04 Å². The highest BCUT2D eigenvalue weighted by atomic mass is 35.5. The summed E-state index contributed by atoms with van der Waals surface area (Å²) in [4.78, 5) is 0. The Bertz CT molecular complexity index is 593. The normalized spacial score (nSPS) is 11.8. The van der Waals surface area contributed by atoms with Gasteiger partial charge >= 0.3 is 0 Å². The number of halogens is 1. The second-order valence-electron chi connectivity index (χ2n) is 5.09. The summed E-state index contributed by atoms with van der Waals surface area (Å²) >= 11 is 11.2. The number of thiocarbonyl (C=S) groups is 1. The first kappa shape index (κ1) is 15.8. The molecule has 0 radical (unpaired) electrons. The van der Waals surface area contributed by atoms with Crippen LogP contribution in [0.25, 0.3) is 0 Å². The van der Waals surface area contributed by atoms with Gasteiger partial charge < -0.3 is 10.6 Å². The molecule has 0 aromatic heterocycles. The van der Waals surface area contributed by atoms with Crippen LogP contribution in [0.5, 0.6) is 0 Å². The molecule has 2 rings (SSSR count). The third-order valence-electron chi connectivity index (χ3n) is 3.29. The Morgan fingerprint density at radius 1 is 1.10 bits per heavy atom. The van der Waals surface area contributed by atoms with Gasteiger partial charge in [-0.15, -0.1) is 0 Å². The van der Waals surface area contributed by atoms with Gasteiger partial charge in [0.15, 0.2) is 5.11 Å². The van der Waals surface area contributed by atoms with Crippen molar-refractivity contribution in [2.75, 3.05) is 0 Å². The van der Waals surface area contributed by atoms with Crippen LogP contribution < -0.4 is 10.6 Å². The Kier molecular flexibility index (Phi) is 5.59. The molecule has 2 aromatic rings. The van der Waals surface area contributed by atoms with Gasteiger partial charge in [-0.05, 0) is 49.3 Å². The second kappa shape index (κ2) is 7.43. The summed E-state index contributed by atoms with van der Waals surface area (Å²) in [5.41, 5.74) is 3.62. The van der Waals surface area contributed by atoms with Gasteiger partial charge in [0.1, 0.15) is 0 Å². The molecule has 21 heavy (non-hydrogen) atoms. The maximum Gasteiger partial charge on any atom is 0.167 e. The highest BCUT2D eigenvalue weighted by Gasteiger charge is 2.06. The molecule has 4 heteroatoms. The molecule has 0 fully saturated rings. The molecular formula is C17H19ClN2S. The lowest BCUT2D eigenvalue weighted by atomic mass is 10.1. The molecule has 1 atom stereocenters. The zero-order valence-corrected chi connectivity index (χ0v) is 13.8. The van der Waals surface area contributed by atoms with E-state index < -0.39 is 0 Å². The van der Waals surface area contributed by atoms with Crippen molar-refractivity contribution in [1.82, 2.24) is 10.6 Å². The average molecular weight is 319 g/mol. The van der Waals surface area contributed by atoms with E-state index in [1.54, 1.807) is 0 Å². The Morgan fingerprint density at radius 3 is 2.33 bits per heavy atom. The van der Waals surface area contributed by atoms with Gasteiger partial charge in [0.05, 0.1) is 6.04 Å². The molecule has 0 aliphatic heterocycles. The van der Waals surface area contributed by atoms with Crippen LogP contribution in [0.15, 0.2) is 48.5 Å². The fraction of sp³-hybridized carbons (Fsp3) is 0.235. The molecule has 2 aromatic carbocycles. The summed E-state index contributed by atoms with van der Waals surface area (Å²) in [7, 11) is 0. The minimum absolute atomic E-state index is 0.177. The molecule has 0 aliphatic rings. The van der Waals surface area contributed by atoms with Gasteiger partial charge in [0.2, 0.25) is 0 Å². The predicted molar refractivity (Wildman–Crippen MR) is 93.6 cm³/mol. The minimum atomic E-state index is 0.177. The number of aryl methyl sites for hydroxylation is 1. The number of rotatable bonds is 4. The van der Waals surface area contributed by atoms with E-state index in [9.17, 15) is 0 Å². The van der Waals surface area contributed by atoms with E-state index in [1.807, 2.05) is 24.3 Å². The van der Waals surface area contributed by atoms with Crippen LogP contribution in [0.2, 0.25) is 5.02 Å². The van der Waals surface area contributed by atoms with Crippen molar-refractivity contribution in [3.63, 3.8) is 0 Å². The summed E-state index contributed by atoms with van der Waals surface area (Å²) < 4.78 is 0. The number of nitrogens with one attached hydrogen (secondary N) is 2. The third kappa shape index (κ3) is 5.03. The Balaban J connectivity index is 1.83. The monoisotopic (exact) mass is 318 g/mol. The minimum Gasteiger partial charge on any atom is -0.359 e. The second-order valence-corrected chi connectivity index (χ2v) is 5.93. The molecule has 2 nitrogen and oxygen atoms in total. The van der Waals surface area contributed by atoms with Crippen LogP contribution in [0.3, 0.4) is 0 Å². The topological polar surface area (TPSA) is 24.1 Å². The first-order chi connectivity index (χ1) is 10.0. The molecule has 0 saturated carbocycles. The first-order valence-corrected chi connectivity index (χ1v) is 7.68. The highest BCUT2D eigenvalue weighted by Crippen LogP contribution is 2.13. The smallest absolute Gasteiger partial charge is 0.167 e. The number of hydrogen-bond donors (Lipinski definition) is 2. The number of benzene rings is 2. The van der Waals surface area contributed by atoms with E-state index in [1.165, 1.54) is 11.1 Å². The van der Waals surface area contributed by atoms with Crippen molar-refractivity contribution >= 4 is 28.9 Å².